The van der Waals surface area contributed by atoms with E-state index in [4.69, 9.17) is 14.2 Å². The zero-order valence-electron chi connectivity index (χ0n) is 14.3. The number of methoxy groups -OCH3 is 2. The summed E-state index contributed by atoms with van der Waals surface area (Å²) < 4.78 is 16.0. The molecule has 128 valence electrons. The molecule has 0 bridgehead atoms. The number of benzene rings is 2. The maximum absolute atomic E-state index is 12.0. The van der Waals surface area contributed by atoms with Crippen LogP contribution in [-0.2, 0) is 11.2 Å². The zero-order valence-corrected chi connectivity index (χ0v) is 14.3. The SMILES string of the molecule is COc1ccc(CC(=O)NCCOc2ccc(C)cc2)cc1OC. The van der Waals surface area contributed by atoms with Crippen molar-refractivity contribution in [1.29, 1.82) is 0 Å². The van der Waals surface area contributed by atoms with Crippen molar-refractivity contribution in [2.75, 3.05) is 27.4 Å². The summed E-state index contributed by atoms with van der Waals surface area (Å²) in [7, 11) is 3.16. The minimum Gasteiger partial charge on any atom is -0.493 e. The third-order valence-electron chi connectivity index (χ3n) is 3.53. The van der Waals surface area contributed by atoms with Crippen molar-refractivity contribution in [3.63, 3.8) is 0 Å². The van der Waals surface area contributed by atoms with Crippen LogP contribution >= 0.6 is 0 Å². The molecule has 0 atom stereocenters. The number of amides is 1. The first-order valence-corrected chi connectivity index (χ1v) is 7.79. The van der Waals surface area contributed by atoms with Crippen molar-refractivity contribution < 1.29 is 19.0 Å². The minimum absolute atomic E-state index is 0.0604. The van der Waals surface area contributed by atoms with Crippen molar-refractivity contribution in [1.82, 2.24) is 5.32 Å². The van der Waals surface area contributed by atoms with Gasteiger partial charge < -0.3 is 19.5 Å². The summed E-state index contributed by atoms with van der Waals surface area (Å²) in [5.41, 5.74) is 2.05. The summed E-state index contributed by atoms with van der Waals surface area (Å²) in [6, 6.07) is 13.3. The Morgan fingerprint density at radius 3 is 2.38 bits per heavy atom. The molecule has 0 fully saturated rings. The summed E-state index contributed by atoms with van der Waals surface area (Å²) in [4.78, 5) is 12.0. The van der Waals surface area contributed by atoms with Crippen LogP contribution in [-0.4, -0.2) is 33.3 Å². The third-order valence-corrected chi connectivity index (χ3v) is 3.53. The number of nitrogens with one attached hydrogen (secondary N) is 1. The first-order valence-electron chi connectivity index (χ1n) is 7.79. The number of carbonyl (C=O) groups is 1. The van der Waals surface area contributed by atoms with Gasteiger partial charge in [0.15, 0.2) is 11.5 Å². The van der Waals surface area contributed by atoms with Crippen LogP contribution in [0.3, 0.4) is 0 Å². The van der Waals surface area contributed by atoms with E-state index in [0.29, 0.717) is 24.7 Å². The van der Waals surface area contributed by atoms with Crippen LogP contribution in [0.4, 0.5) is 0 Å². The van der Waals surface area contributed by atoms with Crippen LogP contribution in [0.2, 0.25) is 0 Å². The van der Waals surface area contributed by atoms with Crippen molar-refractivity contribution in [3.05, 3.63) is 53.6 Å². The average molecular weight is 329 g/mol. The molecule has 2 rings (SSSR count). The lowest BCUT2D eigenvalue weighted by Gasteiger charge is -2.10. The number of ether oxygens (including phenoxy) is 3. The normalized spacial score (nSPS) is 10.1. The topological polar surface area (TPSA) is 56.8 Å². The van der Waals surface area contributed by atoms with Crippen LogP contribution in [0.1, 0.15) is 11.1 Å². The molecule has 0 aliphatic carbocycles. The Morgan fingerprint density at radius 2 is 1.71 bits per heavy atom. The summed E-state index contributed by atoms with van der Waals surface area (Å²) >= 11 is 0. The number of aryl methyl sites for hydroxylation is 1. The molecule has 0 aliphatic heterocycles. The van der Waals surface area contributed by atoms with Gasteiger partial charge >= 0.3 is 0 Å². The van der Waals surface area contributed by atoms with Crippen molar-refractivity contribution in [2.45, 2.75) is 13.3 Å². The lowest BCUT2D eigenvalue weighted by molar-refractivity contribution is -0.120. The highest BCUT2D eigenvalue weighted by atomic mass is 16.5. The maximum atomic E-state index is 12.0. The van der Waals surface area contributed by atoms with E-state index < -0.39 is 0 Å². The Balaban J connectivity index is 1.76. The summed E-state index contributed by atoms with van der Waals surface area (Å²) in [5.74, 6) is 2.00. The molecule has 5 nitrogen and oxygen atoms in total. The largest absolute Gasteiger partial charge is 0.493 e. The van der Waals surface area contributed by atoms with Crippen molar-refractivity contribution >= 4 is 5.91 Å². The molecule has 0 saturated carbocycles. The van der Waals surface area contributed by atoms with E-state index in [2.05, 4.69) is 5.32 Å². The van der Waals surface area contributed by atoms with Gasteiger partial charge in [-0.1, -0.05) is 23.8 Å². The minimum atomic E-state index is -0.0604. The smallest absolute Gasteiger partial charge is 0.224 e. The van der Waals surface area contributed by atoms with Gasteiger partial charge in [-0.3, -0.25) is 4.79 Å². The standard InChI is InChI=1S/C19H23NO4/c1-14-4-7-16(8-5-14)24-11-10-20-19(21)13-15-6-9-17(22-2)18(12-15)23-3/h4-9,12H,10-11,13H2,1-3H3,(H,20,21). The maximum Gasteiger partial charge on any atom is 0.224 e. The molecule has 24 heavy (non-hydrogen) atoms. The van der Waals surface area contributed by atoms with E-state index in [-0.39, 0.29) is 12.3 Å². The monoisotopic (exact) mass is 329 g/mol. The summed E-state index contributed by atoms with van der Waals surface area (Å²) in [6.45, 7) is 2.92. The molecule has 0 aromatic heterocycles. The molecule has 0 spiro atoms. The Kier molecular flexibility index (Phi) is 6.49. The molecule has 0 saturated heterocycles. The molecule has 5 heteroatoms. The van der Waals surface area contributed by atoms with E-state index in [1.165, 1.54) is 5.56 Å². The highest BCUT2D eigenvalue weighted by Crippen LogP contribution is 2.27. The third kappa shape index (κ3) is 5.19. The van der Waals surface area contributed by atoms with Gasteiger partial charge in [0, 0.05) is 0 Å². The van der Waals surface area contributed by atoms with Crippen LogP contribution in [0.15, 0.2) is 42.5 Å². The number of rotatable bonds is 8. The summed E-state index contributed by atoms with van der Waals surface area (Å²) in [6.07, 6.45) is 0.283. The van der Waals surface area contributed by atoms with Crippen LogP contribution < -0.4 is 19.5 Å². The average Bonchev–Trinajstić information content (AvgIpc) is 2.60. The molecule has 1 amide bonds. The van der Waals surface area contributed by atoms with Gasteiger partial charge in [0.25, 0.3) is 0 Å². The quantitative estimate of drug-likeness (QED) is 0.757. The Morgan fingerprint density at radius 1 is 1.00 bits per heavy atom. The molecule has 0 aliphatic rings. The fourth-order valence-electron chi connectivity index (χ4n) is 2.23. The van der Waals surface area contributed by atoms with Gasteiger partial charge in [-0.25, -0.2) is 0 Å². The lowest BCUT2D eigenvalue weighted by atomic mass is 10.1. The van der Waals surface area contributed by atoms with Crippen LogP contribution in [0.25, 0.3) is 0 Å². The van der Waals surface area contributed by atoms with Crippen LogP contribution in [0, 0.1) is 6.92 Å². The van der Waals surface area contributed by atoms with Gasteiger partial charge in [-0.05, 0) is 36.8 Å². The number of carbonyl (C=O) groups excluding carboxylic acids is 1. The van der Waals surface area contributed by atoms with E-state index in [9.17, 15) is 4.79 Å². The predicted octanol–water partition coefficient (Wildman–Crippen LogP) is 2.75. The van der Waals surface area contributed by atoms with E-state index in [1.54, 1.807) is 26.4 Å². The Hall–Kier alpha value is -2.69. The Bertz CT molecular complexity index is 668. The molecule has 0 heterocycles. The second-order valence-corrected chi connectivity index (χ2v) is 5.38. The summed E-state index contributed by atoms with van der Waals surface area (Å²) in [5, 5.41) is 2.84. The second kappa shape index (κ2) is 8.82. The molecule has 0 unspecified atom stereocenters. The van der Waals surface area contributed by atoms with Gasteiger partial charge in [-0.15, -0.1) is 0 Å². The number of hydrogen-bond acceptors (Lipinski definition) is 4. The highest BCUT2D eigenvalue weighted by molar-refractivity contribution is 5.78. The molecular formula is C19H23NO4. The molecular weight excluding hydrogens is 306 g/mol. The first kappa shape index (κ1) is 17.7. The fourth-order valence-corrected chi connectivity index (χ4v) is 2.23. The highest BCUT2D eigenvalue weighted by Gasteiger charge is 2.08. The van der Waals surface area contributed by atoms with E-state index in [1.807, 2.05) is 37.3 Å². The van der Waals surface area contributed by atoms with E-state index >= 15 is 0 Å². The Labute approximate surface area is 142 Å². The van der Waals surface area contributed by atoms with E-state index in [0.717, 1.165) is 11.3 Å². The molecule has 0 radical (unpaired) electrons. The van der Waals surface area contributed by atoms with Crippen molar-refractivity contribution in [2.24, 2.45) is 0 Å². The van der Waals surface area contributed by atoms with Gasteiger partial charge in [-0.2, -0.15) is 0 Å². The lowest BCUT2D eigenvalue weighted by Crippen LogP contribution is -2.29. The molecule has 2 aromatic rings. The fraction of sp³-hybridized carbons (Fsp3) is 0.316. The zero-order chi connectivity index (χ0) is 17.4. The molecule has 2 aromatic carbocycles. The number of hydrogen-bond donors (Lipinski definition) is 1. The molecule has 1 N–H and O–H groups in total. The van der Waals surface area contributed by atoms with Gasteiger partial charge in [0.05, 0.1) is 27.2 Å². The van der Waals surface area contributed by atoms with Crippen LogP contribution in [0.5, 0.6) is 17.2 Å². The predicted molar refractivity (Wildman–Crippen MR) is 92.9 cm³/mol. The van der Waals surface area contributed by atoms with Crippen molar-refractivity contribution in [3.8, 4) is 17.2 Å². The first-order chi connectivity index (χ1) is 11.6. The van der Waals surface area contributed by atoms with Gasteiger partial charge in [0.1, 0.15) is 12.4 Å². The van der Waals surface area contributed by atoms with Gasteiger partial charge in [0.2, 0.25) is 5.91 Å². The second-order valence-electron chi connectivity index (χ2n) is 5.38.